The summed E-state index contributed by atoms with van der Waals surface area (Å²) < 4.78 is 10.3. The van der Waals surface area contributed by atoms with Crippen LogP contribution in [0.1, 0.15) is 24.2 Å². The molecule has 1 aliphatic heterocycles. The number of carbonyl (C=O) groups is 3. The molecule has 2 amide bonds. The number of rotatable bonds is 6. The van der Waals surface area contributed by atoms with Gasteiger partial charge in [0, 0.05) is 4.90 Å². The molecular formula is C17H19ClN2O5S. The van der Waals surface area contributed by atoms with Gasteiger partial charge in [-0.15, -0.1) is 11.8 Å². The summed E-state index contributed by atoms with van der Waals surface area (Å²) in [6.45, 7) is 3.22. The highest BCUT2D eigenvalue weighted by Crippen LogP contribution is 2.24. The molecule has 9 heteroatoms. The van der Waals surface area contributed by atoms with Crippen molar-refractivity contribution in [2.24, 2.45) is 0 Å². The Hall–Kier alpha value is -2.19. The van der Waals surface area contributed by atoms with Gasteiger partial charge < -0.3 is 20.1 Å². The van der Waals surface area contributed by atoms with Crippen molar-refractivity contribution in [3.63, 3.8) is 0 Å². The van der Waals surface area contributed by atoms with E-state index in [-0.39, 0.29) is 35.1 Å². The minimum absolute atomic E-state index is 0.185. The average molecular weight is 399 g/mol. The number of ether oxygens (including phenoxy) is 2. The van der Waals surface area contributed by atoms with Gasteiger partial charge >= 0.3 is 18.0 Å². The van der Waals surface area contributed by atoms with Gasteiger partial charge in [-0.2, -0.15) is 0 Å². The maximum absolute atomic E-state index is 12.4. The molecule has 2 N–H and O–H groups in total. The largest absolute Gasteiger partial charge is 0.463 e. The molecule has 2 rings (SSSR count). The maximum atomic E-state index is 12.4. The topological polar surface area (TPSA) is 93.7 Å². The lowest BCUT2D eigenvalue weighted by Gasteiger charge is -2.26. The lowest BCUT2D eigenvalue weighted by atomic mass is 10.0. The van der Waals surface area contributed by atoms with Crippen LogP contribution in [0.5, 0.6) is 0 Å². The fourth-order valence-electron chi connectivity index (χ4n) is 2.40. The van der Waals surface area contributed by atoms with Gasteiger partial charge in [-0.05, 0) is 38.3 Å². The van der Waals surface area contributed by atoms with Crippen LogP contribution in [0.2, 0.25) is 5.02 Å². The molecule has 1 atom stereocenters. The van der Waals surface area contributed by atoms with E-state index in [9.17, 15) is 14.4 Å². The Kier molecular flexibility index (Phi) is 6.93. The molecule has 26 heavy (non-hydrogen) atoms. The van der Waals surface area contributed by atoms with Crippen LogP contribution in [0.4, 0.5) is 4.79 Å². The van der Waals surface area contributed by atoms with E-state index in [0.717, 1.165) is 4.90 Å². The third-order valence-electron chi connectivity index (χ3n) is 3.61. The molecule has 0 saturated heterocycles. The Morgan fingerprint density at radius 3 is 2.65 bits per heavy atom. The van der Waals surface area contributed by atoms with Gasteiger partial charge in [0.15, 0.2) is 0 Å². The fraction of sp³-hybridized carbons (Fsp3) is 0.353. The molecule has 0 bridgehead atoms. The van der Waals surface area contributed by atoms with Crippen LogP contribution in [0.3, 0.4) is 0 Å². The summed E-state index contributed by atoms with van der Waals surface area (Å²) in [5, 5.41) is 5.32. The van der Waals surface area contributed by atoms with Gasteiger partial charge in [0.25, 0.3) is 0 Å². The second-order valence-electron chi connectivity index (χ2n) is 5.35. The summed E-state index contributed by atoms with van der Waals surface area (Å²) in [5.41, 5.74) is 0.610. The molecule has 1 unspecified atom stereocenters. The van der Waals surface area contributed by atoms with Crippen LogP contribution in [-0.4, -0.2) is 43.5 Å². The van der Waals surface area contributed by atoms with Gasteiger partial charge in [0.1, 0.15) is 6.61 Å². The normalized spacial score (nSPS) is 16.6. The third kappa shape index (κ3) is 4.70. The van der Waals surface area contributed by atoms with Gasteiger partial charge in [-0.1, -0.05) is 11.6 Å². The first-order chi connectivity index (χ1) is 12.4. The number of halogens is 1. The number of nitrogens with one attached hydrogen (secondary N) is 2. The van der Waals surface area contributed by atoms with Crippen LogP contribution < -0.4 is 10.6 Å². The Morgan fingerprint density at radius 1 is 1.27 bits per heavy atom. The van der Waals surface area contributed by atoms with Gasteiger partial charge in [0.05, 0.1) is 34.5 Å². The predicted molar refractivity (Wildman–Crippen MR) is 98.3 cm³/mol. The predicted octanol–water partition coefficient (Wildman–Crippen LogP) is 2.74. The Labute approximate surface area is 160 Å². The molecule has 0 fully saturated rings. The maximum Gasteiger partial charge on any atom is 0.340 e. The molecule has 1 aromatic rings. The first-order valence-corrected chi connectivity index (χ1v) is 9.46. The zero-order chi connectivity index (χ0) is 19.3. The van der Waals surface area contributed by atoms with E-state index in [1.165, 1.54) is 11.8 Å². The summed E-state index contributed by atoms with van der Waals surface area (Å²) >= 11 is 7.52. The number of urea groups is 1. The molecule has 1 aromatic carbocycles. The van der Waals surface area contributed by atoms with E-state index < -0.39 is 24.0 Å². The monoisotopic (exact) mass is 398 g/mol. The molecular weight excluding hydrogens is 380 g/mol. The lowest BCUT2D eigenvalue weighted by molar-refractivity contribution is -0.139. The second-order valence-corrected chi connectivity index (χ2v) is 6.64. The minimum Gasteiger partial charge on any atom is -0.463 e. The number of carbonyl (C=O) groups excluding carboxylic acids is 3. The van der Waals surface area contributed by atoms with Gasteiger partial charge in [-0.3, -0.25) is 0 Å². The van der Waals surface area contributed by atoms with Crippen LogP contribution in [0.25, 0.3) is 0 Å². The van der Waals surface area contributed by atoms with Crippen molar-refractivity contribution in [2.75, 3.05) is 19.5 Å². The van der Waals surface area contributed by atoms with Crippen LogP contribution >= 0.6 is 23.4 Å². The van der Waals surface area contributed by atoms with Crippen molar-refractivity contribution in [1.82, 2.24) is 10.6 Å². The zero-order valence-electron chi connectivity index (χ0n) is 14.6. The van der Waals surface area contributed by atoms with Crippen molar-refractivity contribution in [1.29, 1.82) is 0 Å². The number of amides is 2. The van der Waals surface area contributed by atoms with Crippen molar-refractivity contribution < 1.29 is 23.9 Å². The van der Waals surface area contributed by atoms with Crippen LogP contribution in [-0.2, 0) is 14.3 Å². The number of hydrogen-bond donors (Lipinski definition) is 2. The standard InChI is InChI=1S/C17H19ClN2O5S/c1-4-24-16(22)14-9(2)19-17(23)20-13(14)8-25-15(21)11-7-10(26-3)5-6-12(11)18/h5-7,9H,4,8H2,1-3H3,(H2,19,20,23). The summed E-state index contributed by atoms with van der Waals surface area (Å²) in [4.78, 5) is 37.0. The molecule has 1 aliphatic rings. The average Bonchev–Trinajstić information content (AvgIpc) is 2.59. The van der Waals surface area contributed by atoms with Gasteiger partial charge in [0.2, 0.25) is 0 Å². The zero-order valence-corrected chi connectivity index (χ0v) is 16.1. The summed E-state index contributed by atoms with van der Waals surface area (Å²) in [7, 11) is 0. The van der Waals surface area contributed by atoms with Gasteiger partial charge in [-0.25, -0.2) is 14.4 Å². The SMILES string of the molecule is CCOC(=O)C1=C(COC(=O)c2cc(SC)ccc2Cl)NC(=O)NC1C. The van der Waals surface area contributed by atoms with E-state index in [1.54, 1.807) is 32.0 Å². The smallest absolute Gasteiger partial charge is 0.340 e. The van der Waals surface area contributed by atoms with Crippen LogP contribution in [0.15, 0.2) is 34.4 Å². The molecule has 1 heterocycles. The minimum atomic E-state index is -0.651. The Morgan fingerprint density at radius 2 is 2.00 bits per heavy atom. The van der Waals surface area contributed by atoms with Crippen molar-refractivity contribution >= 4 is 41.3 Å². The highest BCUT2D eigenvalue weighted by atomic mass is 35.5. The highest BCUT2D eigenvalue weighted by molar-refractivity contribution is 7.98. The van der Waals surface area contributed by atoms with Crippen molar-refractivity contribution in [3.8, 4) is 0 Å². The number of benzene rings is 1. The molecule has 140 valence electrons. The molecule has 7 nitrogen and oxygen atoms in total. The first kappa shape index (κ1) is 20.1. The lowest BCUT2D eigenvalue weighted by Crippen LogP contribution is -2.50. The number of thioether (sulfide) groups is 1. The number of hydrogen-bond acceptors (Lipinski definition) is 6. The third-order valence-corrected chi connectivity index (χ3v) is 4.66. The van der Waals surface area contributed by atoms with E-state index in [2.05, 4.69) is 10.6 Å². The number of esters is 2. The van der Waals surface area contributed by atoms with Crippen molar-refractivity contribution in [2.45, 2.75) is 24.8 Å². The second kappa shape index (κ2) is 8.95. The van der Waals surface area contributed by atoms with E-state index in [0.29, 0.717) is 0 Å². The molecule has 0 saturated carbocycles. The molecule has 0 aromatic heterocycles. The Bertz CT molecular complexity index is 766. The summed E-state index contributed by atoms with van der Waals surface area (Å²) in [6.07, 6.45) is 1.88. The fourth-order valence-corrected chi connectivity index (χ4v) is 3.03. The first-order valence-electron chi connectivity index (χ1n) is 7.85. The molecule has 0 aliphatic carbocycles. The highest BCUT2D eigenvalue weighted by Gasteiger charge is 2.30. The Balaban J connectivity index is 2.21. The van der Waals surface area contributed by atoms with Crippen molar-refractivity contribution in [3.05, 3.63) is 40.1 Å². The van der Waals surface area contributed by atoms with Crippen LogP contribution in [0, 0.1) is 0 Å². The van der Waals surface area contributed by atoms with E-state index >= 15 is 0 Å². The van der Waals surface area contributed by atoms with E-state index in [1.807, 2.05) is 6.26 Å². The van der Waals surface area contributed by atoms with E-state index in [4.69, 9.17) is 21.1 Å². The quantitative estimate of drug-likeness (QED) is 0.565. The molecule has 0 radical (unpaired) electrons. The molecule has 0 spiro atoms. The summed E-state index contributed by atoms with van der Waals surface area (Å²) in [5.74, 6) is -1.23. The summed E-state index contributed by atoms with van der Waals surface area (Å²) in [6, 6.07) is 3.97.